The molecule has 0 spiro atoms. The average molecular weight is 461 g/mol. The van der Waals surface area contributed by atoms with Gasteiger partial charge in [0.2, 0.25) is 0 Å². The molecule has 0 saturated heterocycles. The highest BCUT2D eigenvalue weighted by molar-refractivity contribution is 6.05. The lowest BCUT2D eigenvalue weighted by molar-refractivity contribution is 0.102. The zero-order valence-electron chi connectivity index (χ0n) is 18.9. The maximum Gasteiger partial charge on any atom is 0.295 e. The van der Waals surface area contributed by atoms with E-state index < -0.39 is 0 Å². The van der Waals surface area contributed by atoms with Crippen LogP contribution in [0.1, 0.15) is 15.9 Å². The molecule has 0 saturated carbocycles. The first kappa shape index (κ1) is 22.0. The molecular weight excluding hydrogens is 436 g/mol. The number of nitrogens with one attached hydrogen (secondary N) is 2. The maximum atomic E-state index is 12.6. The van der Waals surface area contributed by atoms with Gasteiger partial charge in [0.05, 0.1) is 11.4 Å². The van der Waals surface area contributed by atoms with Gasteiger partial charge in [0.25, 0.3) is 11.9 Å². The van der Waals surface area contributed by atoms with Crippen molar-refractivity contribution in [2.75, 3.05) is 16.4 Å². The highest BCUT2D eigenvalue weighted by Gasteiger charge is 2.16. The Hall–Kier alpha value is -4.84. The van der Waals surface area contributed by atoms with Gasteiger partial charge in [-0.15, -0.1) is 0 Å². The fraction of sp³-hybridized carbons (Fsp3) is 0.0345. The Balaban J connectivity index is 1.30. The molecule has 5 aromatic rings. The smallest absolute Gasteiger partial charge is 0.295 e. The number of carbonyl (C=O) groups excluding carboxylic acids is 1. The maximum absolute atomic E-state index is 12.6. The number of hydrogen-bond donors (Lipinski definition) is 3. The van der Waals surface area contributed by atoms with E-state index in [0.717, 1.165) is 22.4 Å². The summed E-state index contributed by atoms with van der Waals surface area (Å²) in [5, 5.41) is 6.10. The fourth-order valence-electron chi connectivity index (χ4n) is 3.73. The van der Waals surface area contributed by atoms with Gasteiger partial charge in [-0.25, -0.2) is 0 Å². The molecule has 35 heavy (non-hydrogen) atoms. The number of nitrogen functional groups attached to an aromatic ring is 1. The van der Waals surface area contributed by atoms with E-state index >= 15 is 0 Å². The number of nitrogens with zero attached hydrogens (tertiary/aromatic N) is 1. The Morgan fingerprint density at radius 1 is 0.771 bits per heavy atom. The molecule has 4 N–H and O–H groups in total. The summed E-state index contributed by atoms with van der Waals surface area (Å²) in [6.07, 6.45) is 0. The number of anilines is 3. The molecule has 0 bridgehead atoms. The third-order valence-electron chi connectivity index (χ3n) is 5.58. The van der Waals surface area contributed by atoms with Crippen LogP contribution in [0.15, 0.2) is 114 Å². The number of carbonyl (C=O) groups is 1. The Morgan fingerprint density at radius 2 is 1.40 bits per heavy atom. The Labute approximate surface area is 203 Å². The number of nitrogens with two attached hydrogens (primary N) is 1. The molecule has 0 aliphatic heterocycles. The van der Waals surface area contributed by atoms with Crippen LogP contribution < -0.4 is 16.4 Å². The van der Waals surface area contributed by atoms with E-state index in [1.54, 1.807) is 24.3 Å². The number of para-hydroxylation sites is 2. The van der Waals surface area contributed by atoms with E-state index in [-0.39, 0.29) is 5.91 Å². The largest absolute Gasteiger partial charge is 0.423 e. The first-order chi connectivity index (χ1) is 17.2. The first-order valence-corrected chi connectivity index (χ1v) is 11.3. The quantitative estimate of drug-likeness (QED) is 0.243. The molecule has 0 atom stereocenters. The summed E-state index contributed by atoms with van der Waals surface area (Å²) in [6.45, 7) is 0.497. The molecule has 6 heteroatoms. The van der Waals surface area contributed by atoms with Crippen molar-refractivity contribution in [1.29, 1.82) is 0 Å². The zero-order chi connectivity index (χ0) is 24.0. The van der Waals surface area contributed by atoms with Crippen molar-refractivity contribution in [2.24, 2.45) is 0 Å². The Kier molecular flexibility index (Phi) is 6.26. The predicted octanol–water partition coefficient (Wildman–Crippen LogP) is 6.46. The first-order valence-electron chi connectivity index (χ1n) is 11.3. The van der Waals surface area contributed by atoms with E-state index in [1.165, 1.54) is 0 Å². The summed E-state index contributed by atoms with van der Waals surface area (Å²) in [5.41, 5.74) is 11.3. The van der Waals surface area contributed by atoms with Crippen LogP contribution in [0, 0.1) is 0 Å². The van der Waals surface area contributed by atoms with Crippen LogP contribution in [0.2, 0.25) is 0 Å². The number of aromatic nitrogens is 1. The normalized spacial score (nSPS) is 10.6. The zero-order valence-corrected chi connectivity index (χ0v) is 18.9. The molecule has 1 heterocycles. The van der Waals surface area contributed by atoms with Gasteiger partial charge in [0.1, 0.15) is 5.69 Å². The molecule has 0 fully saturated rings. The Morgan fingerprint density at radius 3 is 2.09 bits per heavy atom. The van der Waals surface area contributed by atoms with Gasteiger partial charge in [-0.3, -0.25) is 4.79 Å². The molecule has 0 aliphatic carbocycles. The number of hydrogen-bond acceptors (Lipinski definition) is 5. The van der Waals surface area contributed by atoms with E-state index in [9.17, 15) is 4.79 Å². The third-order valence-corrected chi connectivity index (χ3v) is 5.58. The summed E-state index contributed by atoms with van der Waals surface area (Å²) in [4.78, 5) is 17.3. The average Bonchev–Trinajstić information content (AvgIpc) is 3.34. The van der Waals surface area contributed by atoms with Gasteiger partial charge in [0, 0.05) is 23.2 Å². The van der Waals surface area contributed by atoms with Gasteiger partial charge in [0.15, 0.2) is 5.76 Å². The van der Waals surface area contributed by atoms with Crippen molar-refractivity contribution in [3.8, 4) is 22.6 Å². The highest BCUT2D eigenvalue weighted by Crippen LogP contribution is 2.34. The van der Waals surface area contributed by atoms with Crippen LogP contribution in [0.3, 0.4) is 0 Å². The molecule has 0 aliphatic rings. The van der Waals surface area contributed by atoms with Gasteiger partial charge in [-0.1, -0.05) is 84.9 Å². The predicted molar refractivity (Wildman–Crippen MR) is 140 cm³/mol. The second-order valence-electron chi connectivity index (χ2n) is 8.02. The van der Waals surface area contributed by atoms with E-state index in [1.807, 2.05) is 84.9 Å². The molecule has 1 amide bonds. The SMILES string of the molecule is Nc1ccccc1NC(=O)c1ccc(CNc2nc(-c3ccccc3)c(-c3ccccc3)o2)cc1. The molecule has 172 valence electrons. The van der Waals surface area contributed by atoms with Crippen LogP contribution in [0.4, 0.5) is 17.4 Å². The van der Waals surface area contributed by atoms with Crippen LogP contribution in [0.5, 0.6) is 0 Å². The van der Waals surface area contributed by atoms with Crippen molar-refractivity contribution >= 4 is 23.3 Å². The molecule has 0 radical (unpaired) electrons. The van der Waals surface area contributed by atoms with Crippen molar-refractivity contribution in [3.05, 3.63) is 120 Å². The van der Waals surface area contributed by atoms with E-state index in [4.69, 9.17) is 15.1 Å². The highest BCUT2D eigenvalue weighted by atomic mass is 16.4. The van der Waals surface area contributed by atoms with Crippen molar-refractivity contribution < 1.29 is 9.21 Å². The van der Waals surface area contributed by atoms with Crippen LogP contribution in [-0.2, 0) is 6.54 Å². The minimum atomic E-state index is -0.213. The number of rotatable bonds is 7. The van der Waals surface area contributed by atoms with Crippen molar-refractivity contribution in [2.45, 2.75) is 6.54 Å². The fourth-order valence-corrected chi connectivity index (χ4v) is 3.73. The van der Waals surface area contributed by atoms with Crippen molar-refractivity contribution in [3.63, 3.8) is 0 Å². The van der Waals surface area contributed by atoms with Gasteiger partial charge in [-0.2, -0.15) is 4.98 Å². The lowest BCUT2D eigenvalue weighted by atomic mass is 10.1. The molecule has 6 nitrogen and oxygen atoms in total. The molecule has 1 aromatic heterocycles. The summed E-state index contributed by atoms with van der Waals surface area (Å²) in [6, 6.07) is 34.9. The van der Waals surface area contributed by atoms with Gasteiger partial charge >= 0.3 is 0 Å². The number of oxazole rings is 1. The summed E-state index contributed by atoms with van der Waals surface area (Å²) < 4.78 is 6.12. The van der Waals surface area contributed by atoms with Crippen LogP contribution in [-0.4, -0.2) is 10.9 Å². The standard InChI is InChI=1S/C29H24N4O2/c30-24-13-7-8-14-25(24)32-28(34)23-17-15-20(16-18-23)19-31-29-33-26(21-9-3-1-4-10-21)27(35-29)22-11-5-2-6-12-22/h1-18H,19,30H2,(H,31,33)(H,32,34). The summed E-state index contributed by atoms with van der Waals surface area (Å²) in [7, 11) is 0. The van der Waals surface area contributed by atoms with Crippen molar-refractivity contribution in [1.82, 2.24) is 4.98 Å². The molecular formula is C29H24N4O2. The lowest BCUT2D eigenvalue weighted by Gasteiger charge is -2.08. The topological polar surface area (TPSA) is 93.2 Å². The summed E-state index contributed by atoms with van der Waals surface area (Å²) >= 11 is 0. The lowest BCUT2D eigenvalue weighted by Crippen LogP contribution is -2.13. The van der Waals surface area contributed by atoms with Gasteiger partial charge in [-0.05, 0) is 29.8 Å². The van der Waals surface area contributed by atoms with E-state index in [2.05, 4.69) is 10.6 Å². The second-order valence-corrected chi connectivity index (χ2v) is 8.02. The third kappa shape index (κ3) is 5.07. The molecule has 5 rings (SSSR count). The van der Waals surface area contributed by atoms with E-state index in [0.29, 0.717) is 35.3 Å². The molecule has 4 aromatic carbocycles. The monoisotopic (exact) mass is 460 g/mol. The number of benzene rings is 4. The van der Waals surface area contributed by atoms with Crippen LogP contribution in [0.25, 0.3) is 22.6 Å². The van der Waals surface area contributed by atoms with Gasteiger partial charge < -0.3 is 20.8 Å². The summed E-state index contributed by atoms with van der Waals surface area (Å²) in [5.74, 6) is 0.502. The van der Waals surface area contributed by atoms with Crippen LogP contribution >= 0.6 is 0 Å². The Bertz CT molecular complexity index is 1370. The minimum Gasteiger partial charge on any atom is -0.423 e. The second kappa shape index (κ2) is 9.97. The number of amides is 1. The minimum absolute atomic E-state index is 0.213. The molecule has 0 unspecified atom stereocenters.